The van der Waals surface area contributed by atoms with Crippen molar-refractivity contribution in [2.75, 3.05) is 6.79 Å². The number of hydrogen-bond donors (Lipinski definition) is 1. The van der Waals surface area contributed by atoms with E-state index in [0.717, 1.165) is 17.0 Å². The number of nitrogens with zero attached hydrogens (tertiary/aromatic N) is 3. The first-order valence-electron chi connectivity index (χ1n) is 5.19. The quantitative estimate of drug-likeness (QED) is 0.827. The fourth-order valence-electron chi connectivity index (χ4n) is 1.90. The van der Waals surface area contributed by atoms with E-state index in [4.69, 9.17) is 9.47 Å². The average Bonchev–Trinajstić information content (AvgIpc) is 2.93. The highest BCUT2D eigenvalue weighted by Crippen LogP contribution is 2.36. The second kappa shape index (κ2) is 3.74. The minimum absolute atomic E-state index is 0.141. The van der Waals surface area contributed by atoms with E-state index in [1.165, 1.54) is 0 Å². The Balaban J connectivity index is 2.12. The Morgan fingerprint density at radius 2 is 2.18 bits per heavy atom. The smallest absolute Gasteiger partial charge is 0.231 e. The van der Waals surface area contributed by atoms with E-state index in [0.29, 0.717) is 11.4 Å². The first-order chi connectivity index (χ1) is 8.29. The molecule has 0 fully saturated rings. The molecule has 1 aliphatic rings. The predicted molar refractivity (Wildman–Crippen MR) is 58.5 cm³/mol. The van der Waals surface area contributed by atoms with Crippen molar-refractivity contribution in [2.24, 2.45) is 7.05 Å². The Kier molecular flexibility index (Phi) is 2.22. The van der Waals surface area contributed by atoms with Crippen LogP contribution in [0, 0.1) is 0 Å². The molecular formula is C11H11N3O3. The summed E-state index contributed by atoms with van der Waals surface area (Å²) in [7, 11) is 1.78. The highest BCUT2D eigenvalue weighted by Gasteiger charge is 2.17. The van der Waals surface area contributed by atoms with Crippen molar-refractivity contribution in [1.29, 1.82) is 0 Å². The molecule has 1 aromatic heterocycles. The molecule has 0 atom stereocenters. The highest BCUT2D eigenvalue weighted by molar-refractivity contribution is 5.66. The fraction of sp³-hybridized carbons (Fsp3) is 0.273. The van der Waals surface area contributed by atoms with Gasteiger partial charge in [0.2, 0.25) is 6.79 Å². The molecule has 2 heterocycles. The van der Waals surface area contributed by atoms with E-state index in [2.05, 4.69) is 10.3 Å². The van der Waals surface area contributed by atoms with Gasteiger partial charge in [-0.05, 0) is 18.2 Å². The Morgan fingerprint density at radius 3 is 3.00 bits per heavy atom. The van der Waals surface area contributed by atoms with Gasteiger partial charge in [-0.15, -0.1) is 5.10 Å². The number of aromatic nitrogens is 3. The van der Waals surface area contributed by atoms with Gasteiger partial charge in [0.15, 0.2) is 11.5 Å². The van der Waals surface area contributed by atoms with Crippen LogP contribution in [0.1, 0.15) is 5.69 Å². The molecule has 0 bridgehead atoms. The summed E-state index contributed by atoms with van der Waals surface area (Å²) in [5.74, 6) is 1.43. The lowest BCUT2D eigenvalue weighted by molar-refractivity contribution is 0.174. The predicted octanol–water partition coefficient (Wildman–Crippen LogP) is 0.703. The number of aliphatic hydroxyl groups is 1. The zero-order valence-corrected chi connectivity index (χ0v) is 9.25. The lowest BCUT2D eigenvalue weighted by Crippen LogP contribution is -1.96. The molecule has 3 rings (SSSR count). The number of aryl methyl sites for hydroxylation is 1. The second-order valence-corrected chi connectivity index (χ2v) is 3.73. The largest absolute Gasteiger partial charge is 0.454 e. The fourth-order valence-corrected chi connectivity index (χ4v) is 1.90. The van der Waals surface area contributed by atoms with E-state index < -0.39 is 0 Å². The molecule has 2 aromatic rings. The SMILES string of the molecule is Cn1nnc(CO)c1-c1ccc2c(c1)OCO2. The van der Waals surface area contributed by atoms with Crippen LogP contribution in [0.5, 0.6) is 11.5 Å². The molecule has 88 valence electrons. The van der Waals surface area contributed by atoms with Crippen molar-refractivity contribution < 1.29 is 14.6 Å². The van der Waals surface area contributed by atoms with Gasteiger partial charge in [0.25, 0.3) is 0 Å². The first kappa shape index (κ1) is 10.1. The molecule has 17 heavy (non-hydrogen) atoms. The maximum absolute atomic E-state index is 9.21. The monoisotopic (exact) mass is 233 g/mol. The van der Waals surface area contributed by atoms with Crippen LogP contribution in [0.2, 0.25) is 0 Å². The normalized spacial score (nSPS) is 13.1. The van der Waals surface area contributed by atoms with Gasteiger partial charge in [-0.1, -0.05) is 5.21 Å². The van der Waals surface area contributed by atoms with Crippen molar-refractivity contribution in [3.63, 3.8) is 0 Å². The molecule has 0 radical (unpaired) electrons. The number of fused-ring (bicyclic) bond motifs is 1. The molecule has 0 saturated heterocycles. The summed E-state index contributed by atoms with van der Waals surface area (Å²) < 4.78 is 12.2. The van der Waals surface area contributed by atoms with Gasteiger partial charge in [0.05, 0.1) is 12.3 Å². The summed E-state index contributed by atoms with van der Waals surface area (Å²) in [4.78, 5) is 0. The number of rotatable bonds is 2. The summed E-state index contributed by atoms with van der Waals surface area (Å²) in [6.07, 6.45) is 0. The molecule has 6 nitrogen and oxygen atoms in total. The molecule has 0 amide bonds. The van der Waals surface area contributed by atoms with E-state index >= 15 is 0 Å². The third-order valence-corrected chi connectivity index (χ3v) is 2.69. The Bertz CT molecular complexity index is 565. The van der Waals surface area contributed by atoms with Crippen LogP contribution in [0.4, 0.5) is 0 Å². The van der Waals surface area contributed by atoms with Crippen molar-refractivity contribution in [3.05, 3.63) is 23.9 Å². The Labute approximate surface area is 97.4 Å². The van der Waals surface area contributed by atoms with E-state index in [9.17, 15) is 5.11 Å². The van der Waals surface area contributed by atoms with Gasteiger partial charge in [-0.3, -0.25) is 0 Å². The number of ether oxygens (including phenoxy) is 2. The zero-order valence-electron chi connectivity index (χ0n) is 9.25. The van der Waals surface area contributed by atoms with Gasteiger partial charge in [0.1, 0.15) is 5.69 Å². The summed E-state index contributed by atoms with van der Waals surface area (Å²) in [6, 6.07) is 5.59. The van der Waals surface area contributed by atoms with Crippen LogP contribution < -0.4 is 9.47 Å². The van der Waals surface area contributed by atoms with Crippen molar-refractivity contribution >= 4 is 0 Å². The lowest BCUT2D eigenvalue weighted by Gasteiger charge is -2.04. The Hall–Kier alpha value is -2.08. The van der Waals surface area contributed by atoms with E-state index in [1.54, 1.807) is 11.7 Å². The third kappa shape index (κ3) is 1.53. The molecule has 0 spiro atoms. The van der Waals surface area contributed by atoms with E-state index in [1.807, 2.05) is 18.2 Å². The molecule has 0 saturated carbocycles. The standard InChI is InChI=1S/C11H11N3O3/c1-14-11(8(5-15)12-13-14)7-2-3-9-10(4-7)17-6-16-9/h2-4,15H,5-6H2,1H3. The summed E-state index contributed by atoms with van der Waals surface area (Å²) in [6.45, 7) is 0.104. The topological polar surface area (TPSA) is 69.4 Å². The zero-order chi connectivity index (χ0) is 11.8. The minimum Gasteiger partial charge on any atom is -0.454 e. The first-order valence-corrected chi connectivity index (χ1v) is 5.19. The minimum atomic E-state index is -0.141. The van der Waals surface area contributed by atoms with Crippen molar-refractivity contribution in [2.45, 2.75) is 6.61 Å². The highest BCUT2D eigenvalue weighted by atomic mass is 16.7. The van der Waals surface area contributed by atoms with Gasteiger partial charge in [-0.25, -0.2) is 4.68 Å². The maximum Gasteiger partial charge on any atom is 0.231 e. The van der Waals surface area contributed by atoms with Crippen LogP contribution in [0.3, 0.4) is 0 Å². The van der Waals surface area contributed by atoms with Crippen LogP contribution in [-0.2, 0) is 13.7 Å². The summed E-state index contributed by atoms with van der Waals surface area (Å²) in [5.41, 5.74) is 2.22. The molecular weight excluding hydrogens is 222 g/mol. The molecule has 1 aliphatic heterocycles. The third-order valence-electron chi connectivity index (χ3n) is 2.69. The van der Waals surface area contributed by atoms with Crippen LogP contribution >= 0.6 is 0 Å². The van der Waals surface area contributed by atoms with Gasteiger partial charge >= 0.3 is 0 Å². The van der Waals surface area contributed by atoms with Crippen molar-refractivity contribution in [1.82, 2.24) is 15.0 Å². The van der Waals surface area contributed by atoms with Gasteiger partial charge in [0, 0.05) is 12.6 Å². The van der Waals surface area contributed by atoms with Gasteiger partial charge < -0.3 is 14.6 Å². The summed E-state index contributed by atoms with van der Waals surface area (Å²) in [5, 5.41) is 17.0. The molecule has 6 heteroatoms. The number of aliphatic hydroxyl groups excluding tert-OH is 1. The number of benzene rings is 1. The van der Waals surface area contributed by atoms with Crippen LogP contribution in [-0.4, -0.2) is 26.9 Å². The average molecular weight is 233 g/mol. The summed E-state index contributed by atoms with van der Waals surface area (Å²) >= 11 is 0. The maximum atomic E-state index is 9.21. The van der Waals surface area contributed by atoms with Crippen LogP contribution in [0.25, 0.3) is 11.3 Å². The lowest BCUT2D eigenvalue weighted by atomic mass is 10.1. The van der Waals surface area contributed by atoms with E-state index in [-0.39, 0.29) is 13.4 Å². The molecule has 0 aliphatic carbocycles. The molecule has 0 unspecified atom stereocenters. The molecule has 1 N–H and O–H groups in total. The number of hydrogen-bond acceptors (Lipinski definition) is 5. The van der Waals surface area contributed by atoms with Crippen LogP contribution in [0.15, 0.2) is 18.2 Å². The molecule has 1 aromatic carbocycles. The Morgan fingerprint density at radius 1 is 1.35 bits per heavy atom. The van der Waals surface area contributed by atoms with Crippen molar-refractivity contribution in [3.8, 4) is 22.8 Å². The van der Waals surface area contributed by atoms with Gasteiger partial charge in [-0.2, -0.15) is 0 Å². The second-order valence-electron chi connectivity index (χ2n) is 3.73.